The van der Waals surface area contributed by atoms with E-state index in [2.05, 4.69) is 6.58 Å². The summed E-state index contributed by atoms with van der Waals surface area (Å²) in [6.45, 7) is 4.51. The van der Waals surface area contributed by atoms with Crippen LogP contribution in [-0.2, 0) is 14.8 Å². The average molecular weight is 415 g/mol. The maximum atomic E-state index is 13.1. The Balaban J connectivity index is 3.29. The molecule has 0 aliphatic carbocycles. The fourth-order valence-electron chi connectivity index (χ4n) is 1.39. The molecule has 0 atom stereocenters. The second-order valence-electron chi connectivity index (χ2n) is 3.94. The fourth-order valence-corrected chi connectivity index (χ4v) is 3.21. The van der Waals surface area contributed by atoms with Gasteiger partial charge in [-0.2, -0.15) is 8.78 Å². The van der Waals surface area contributed by atoms with E-state index >= 15 is 0 Å². The minimum Gasteiger partial charge on any atom is -0.266 e. The van der Waals surface area contributed by atoms with Crippen molar-refractivity contribution in [2.45, 2.75) is 15.7 Å². The quantitative estimate of drug-likeness (QED) is 0.422. The first-order chi connectivity index (χ1) is 9.10. The second kappa shape index (κ2) is 6.17. The van der Waals surface area contributed by atoms with E-state index in [1.807, 2.05) is 0 Å². The molecule has 1 aromatic rings. The lowest BCUT2D eigenvalue weighted by Gasteiger charge is -2.23. The van der Waals surface area contributed by atoms with Crippen LogP contribution in [0.3, 0.4) is 0 Å². The third-order valence-corrected chi connectivity index (χ3v) is 4.60. The summed E-state index contributed by atoms with van der Waals surface area (Å²) in [5.74, 6) is -1.79. The lowest BCUT2D eigenvalue weighted by atomic mass is 10.2. The molecule has 0 N–H and O–H groups in total. The Hall–Kier alpha value is -1.03. The molecule has 1 rings (SSSR count). The minimum atomic E-state index is -4.33. The monoisotopic (exact) mass is 415 g/mol. The Kier molecular flexibility index (Phi) is 5.25. The van der Waals surface area contributed by atoms with Crippen molar-refractivity contribution in [3.8, 4) is 0 Å². The topological polar surface area (TPSA) is 54.5 Å². The predicted molar refractivity (Wildman–Crippen MR) is 79.2 cm³/mol. The lowest BCUT2D eigenvalue weighted by molar-refractivity contribution is -0.138. The second-order valence-corrected chi connectivity index (χ2v) is 7.16. The number of carbonyl (C=O) groups is 1. The van der Waals surface area contributed by atoms with Crippen LogP contribution in [0.25, 0.3) is 0 Å². The smallest absolute Gasteiger partial charge is 0.266 e. The molecule has 0 unspecified atom stereocenters. The van der Waals surface area contributed by atoms with Crippen LogP contribution in [0.5, 0.6) is 0 Å². The van der Waals surface area contributed by atoms with Crippen LogP contribution < -0.4 is 0 Å². The molecule has 0 heterocycles. The highest BCUT2D eigenvalue weighted by atomic mass is 127. The van der Waals surface area contributed by atoms with Gasteiger partial charge in [0.25, 0.3) is 10.0 Å². The van der Waals surface area contributed by atoms with Gasteiger partial charge in [-0.15, -0.1) is 6.58 Å². The van der Waals surface area contributed by atoms with Gasteiger partial charge in [0, 0.05) is 22.6 Å². The molecule has 0 fully saturated rings. The standard InChI is InChI=1S/C12H12F2INO3S/c1-3-8-16(11(17)12(13,14)15)20(18,19)10-6-4-9(2)5-7-10/h3-7H,1,8H2,2H3. The average Bonchev–Trinajstić information content (AvgIpc) is 2.34. The molecule has 8 heteroatoms. The molecule has 0 saturated heterocycles. The van der Waals surface area contributed by atoms with Gasteiger partial charge in [0.05, 0.1) is 11.4 Å². The van der Waals surface area contributed by atoms with Gasteiger partial charge in [-0.1, -0.05) is 23.8 Å². The predicted octanol–water partition coefficient (Wildman–Crippen LogP) is 2.73. The van der Waals surface area contributed by atoms with Crippen molar-refractivity contribution >= 4 is 38.5 Å². The number of nitrogens with zero attached hydrogens (tertiary/aromatic N) is 1. The molecule has 0 spiro atoms. The van der Waals surface area contributed by atoms with Crippen LogP contribution in [0, 0.1) is 6.92 Å². The van der Waals surface area contributed by atoms with Gasteiger partial charge >= 0.3 is 9.84 Å². The van der Waals surface area contributed by atoms with E-state index in [1.165, 1.54) is 24.3 Å². The van der Waals surface area contributed by atoms with E-state index in [4.69, 9.17) is 0 Å². The maximum Gasteiger partial charge on any atom is 0.373 e. The van der Waals surface area contributed by atoms with Crippen molar-refractivity contribution in [3.63, 3.8) is 0 Å². The summed E-state index contributed by atoms with van der Waals surface area (Å²) in [7, 11) is -4.33. The van der Waals surface area contributed by atoms with E-state index < -0.39 is 26.4 Å². The zero-order valence-electron chi connectivity index (χ0n) is 10.5. The summed E-state index contributed by atoms with van der Waals surface area (Å²) in [6, 6.07) is 5.57. The van der Waals surface area contributed by atoms with Crippen molar-refractivity contribution in [3.05, 3.63) is 42.5 Å². The van der Waals surface area contributed by atoms with Crippen LogP contribution in [0.1, 0.15) is 5.56 Å². The number of sulfonamides is 1. The molecule has 1 aromatic carbocycles. The summed E-state index contributed by atoms with van der Waals surface area (Å²) >= 11 is 0.599. The summed E-state index contributed by atoms with van der Waals surface area (Å²) in [5.41, 5.74) is 0.810. The molecule has 0 saturated carbocycles. The molecule has 0 aliphatic rings. The van der Waals surface area contributed by atoms with Crippen molar-refractivity contribution in [2.75, 3.05) is 6.54 Å². The van der Waals surface area contributed by atoms with Crippen LogP contribution in [0.4, 0.5) is 8.78 Å². The van der Waals surface area contributed by atoms with Crippen LogP contribution in [0.15, 0.2) is 41.8 Å². The van der Waals surface area contributed by atoms with Crippen LogP contribution in [-0.4, -0.2) is 29.1 Å². The number of alkyl halides is 3. The molecule has 0 bridgehead atoms. The molecule has 0 radical (unpaired) electrons. The maximum absolute atomic E-state index is 13.1. The summed E-state index contributed by atoms with van der Waals surface area (Å²) < 4.78 is 47.0. The first kappa shape index (κ1) is 17.0. The number of amides is 1. The van der Waals surface area contributed by atoms with Gasteiger partial charge in [0.15, 0.2) is 0 Å². The highest BCUT2D eigenvalue weighted by Crippen LogP contribution is 2.28. The lowest BCUT2D eigenvalue weighted by Crippen LogP contribution is -2.44. The van der Waals surface area contributed by atoms with Crippen molar-refractivity contribution in [2.24, 2.45) is 0 Å². The SMILES string of the molecule is C=CCN(C(=O)C(F)(F)I)S(=O)(=O)c1ccc(C)cc1. The van der Waals surface area contributed by atoms with E-state index in [9.17, 15) is 22.0 Å². The fraction of sp³-hybridized carbons (Fsp3) is 0.250. The van der Waals surface area contributed by atoms with Crippen molar-refractivity contribution in [1.29, 1.82) is 0 Å². The minimum absolute atomic E-state index is 0.122. The molecule has 110 valence electrons. The normalized spacial score (nSPS) is 12.0. The summed E-state index contributed by atoms with van der Waals surface area (Å²) in [5, 5.41) is 0. The van der Waals surface area contributed by atoms with Crippen molar-refractivity contribution < 1.29 is 22.0 Å². The van der Waals surface area contributed by atoms with Gasteiger partial charge in [-0.25, -0.2) is 12.7 Å². The Morgan fingerprint density at radius 3 is 2.30 bits per heavy atom. The number of rotatable bonds is 5. The van der Waals surface area contributed by atoms with E-state index in [1.54, 1.807) is 6.92 Å². The van der Waals surface area contributed by atoms with E-state index in [0.717, 1.165) is 11.6 Å². The van der Waals surface area contributed by atoms with Gasteiger partial charge < -0.3 is 0 Å². The number of benzene rings is 1. The molecule has 20 heavy (non-hydrogen) atoms. The Morgan fingerprint density at radius 2 is 1.90 bits per heavy atom. The van der Waals surface area contributed by atoms with Crippen molar-refractivity contribution in [1.82, 2.24) is 4.31 Å². The Bertz CT molecular complexity index is 609. The summed E-state index contributed by atoms with van der Waals surface area (Å²) in [6.07, 6.45) is 1.08. The number of halogens is 3. The molecular formula is C12H12F2INO3S. The van der Waals surface area contributed by atoms with Crippen LogP contribution in [0.2, 0.25) is 0 Å². The highest BCUT2D eigenvalue weighted by molar-refractivity contribution is 14.1. The van der Waals surface area contributed by atoms with Gasteiger partial charge in [-0.05, 0) is 19.1 Å². The highest BCUT2D eigenvalue weighted by Gasteiger charge is 2.43. The Labute approximate surface area is 129 Å². The first-order valence-electron chi connectivity index (χ1n) is 5.42. The Morgan fingerprint density at radius 1 is 1.40 bits per heavy atom. The molecule has 1 amide bonds. The van der Waals surface area contributed by atoms with E-state index in [0.29, 0.717) is 22.6 Å². The number of hydrogen-bond acceptors (Lipinski definition) is 3. The third-order valence-electron chi connectivity index (χ3n) is 2.37. The van der Waals surface area contributed by atoms with Crippen LogP contribution >= 0.6 is 22.6 Å². The molecular weight excluding hydrogens is 403 g/mol. The number of aryl methyl sites for hydroxylation is 1. The van der Waals surface area contributed by atoms with Gasteiger partial charge in [0.1, 0.15) is 0 Å². The number of hydrogen-bond donors (Lipinski definition) is 0. The summed E-state index contributed by atoms with van der Waals surface area (Å²) in [4.78, 5) is 11.4. The number of carbonyl (C=O) groups excluding carboxylic acids is 1. The molecule has 4 nitrogen and oxygen atoms in total. The van der Waals surface area contributed by atoms with E-state index in [-0.39, 0.29) is 9.20 Å². The van der Waals surface area contributed by atoms with Gasteiger partial charge in [-0.3, -0.25) is 4.79 Å². The zero-order valence-corrected chi connectivity index (χ0v) is 13.5. The zero-order chi connectivity index (χ0) is 15.6. The molecule has 0 aromatic heterocycles. The third kappa shape index (κ3) is 3.75. The van der Waals surface area contributed by atoms with Gasteiger partial charge in [0.2, 0.25) is 0 Å². The first-order valence-corrected chi connectivity index (χ1v) is 7.94. The molecule has 0 aliphatic heterocycles. The largest absolute Gasteiger partial charge is 0.373 e.